The summed E-state index contributed by atoms with van der Waals surface area (Å²) >= 11 is 0. The minimum atomic E-state index is 0.471. The van der Waals surface area contributed by atoms with Crippen LogP contribution < -0.4 is 10.2 Å². The van der Waals surface area contributed by atoms with Crippen LogP contribution in [0.15, 0.2) is 12.4 Å². The Bertz CT molecular complexity index is 310. The molecule has 0 saturated heterocycles. The van der Waals surface area contributed by atoms with Crippen LogP contribution in [-0.4, -0.2) is 29.6 Å². The summed E-state index contributed by atoms with van der Waals surface area (Å²) in [5, 5.41) is 3.34. The summed E-state index contributed by atoms with van der Waals surface area (Å²) in [6.45, 7) is 8.40. The van der Waals surface area contributed by atoms with Crippen LogP contribution in [0.3, 0.4) is 0 Å². The van der Waals surface area contributed by atoms with Crippen LogP contribution in [0, 0.1) is 0 Å². The second-order valence-electron chi connectivity index (χ2n) is 4.44. The highest BCUT2D eigenvalue weighted by atomic mass is 15.2. The molecule has 96 valence electrons. The number of rotatable bonds is 7. The van der Waals surface area contributed by atoms with Crippen molar-refractivity contribution in [3.8, 4) is 0 Å². The SMILES string of the molecule is CCCNCc1cnc(N(C)C(C)CC)nc1. The molecular weight excluding hydrogens is 212 g/mol. The van der Waals surface area contributed by atoms with Crippen molar-refractivity contribution < 1.29 is 0 Å². The lowest BCUT2D eigenvalue weighted by atomic mass is 10.2. The van der Waals surface area contributed by atoms with Gasteiger partial charge in [-0.2, -0.15) is 0 Å². The van der Waals surface area contributed by atoms with E-state index in [9.17, 15) is 0 Å². The van der Waals surface area contributed by atoms with Crippen LogP contribution in [0.1, 0.15) is 39.2 Å². The second-order valence-corrected chi connectivity index (χ2v) is 4.44. The fraction of sp³-hybridized carbons (Fsp3) is 0.692. The number of hydrogen-bond donors (Lipinski definition) is 1. The van der Waals surface area contributed by atoms with Gasteiger partial charge in [0.1, 0.15) is 0 Å². The average Bonchev–Trinajstić information content (AvgIpc) is 2.38. The molecule has 0 fully saturated rings. The predicted molar refractivity (Wildman–Crippen MR) is 72.2 cm³/mol. The van der Waals surface area contributed by atoms with E-state index in [1.165, 1.54) is 0 Å². The van der Waals surface area contributed by atoms with Gasteiger partial charge in [0, 0.05) is 37.6 Å². The number of nitrogens with one attached hydrogen (secondary N) is 1. The fourth-order valence-corrected chi connectivity index (χ4v) is 1.50. The first-order chi connectivity index (χ1) is 8.19. The molecule has 17 heavy (non-hydrogen) atoms. The van der Waals surface area contributed by atoms with Crippen molar-refractivity contribution in [2.45, 2.75) is 46.2 Å². The molecule has 1 aromatic rings. The molecule has 0 aliphatic heterocycles. The lowest BCUT2D eigenvalue weighted by Gasteiger charge is -2.23. The molecule has 1 unspecified atom stereocenters. The Labute approximate surface area is 104 Å². The van der Waals surface area contributed by atoms with E-state index < -0.39 is 0 Å². The summed E-state index contributed by atoms with van der Waals surface area (Å²) in [6.07, 6.45) is 6.06. The molecule has 0 aliphatic carbocycles. The summed E-state index contributed by atoms with van der Waals surface area (Å²) in [5.41, 5.74) is 1.14. The van der Waals surface area contributed by atoms with Gasteiger partial charge in [-0.15, -0.1) is 0 Å². The first kappa shape index (κ1) is 13.9. The Kier molecular flexibility index (Phi) is 5.91. The molecule has 0 bridgehead atoms. The predicted octanol–water partition coefficient (Wildman–Crippen LogP) is 2.21. The van der Waals surface area contributed by atoms with Gasteiger partial charge in [0.05, 0.1) is 0 Å². The van der Waals surface area contributed by atoms with E-state index in [4.69, 9.17) is 0 Å². The Morgan fingerprint density at radius 3 is 2.47 bits per heavy atom. The number of aromatic nitrogens is 2. The van der Waals surface area contributed by atoms with Crippen molar-refractivity contribution in [1.29, 1.82) is 0 Å². The third-order valence-corrected chi connectivity index (χ3v) is 3.02. The van der Waals surface area contributed by atoms with Gasteiger partial charge in [0.15, 0.2) is 0 Å². The van der Waals surface area contributed by atoms with Gasteiger partial charge >= 0.3 is 0 Å². The molecule has 4 heteroatoms. The van der Waals surface area contributed by atoms with Crippen molar-refractivity contribution in [3.05, 3.63) is 18.0 Å². The van der Waals surface area contributed by atoms with E-state index in [0.29, 0.717) is 6.04 Å². The van der Waals surface area contributed by atoms with Crippen molar-refractivity contribution >= 4 is 5.95 Å². The van der Waals surface area contributed by atoms with Crippen LogP contribution in [0.5, 0.6) is 0 Å². The van der Waals surface area contributed by atoms with Crippen LogP contribution in [0.4, 0.5) is 5.95 Å². The van der Waals surface area contributed by atoms with Gasteiger partial charge in [-0.25, -0.2) is 9.97 Å². The molecule has 1 N–H and O–H groups in total. The van der Waals surface area contributed by atoms with Crippen LogP contribution in [0.2, 0.25) is 0 Å². The molecule has 4 nitrogen and oxygen atoms in total. The zero-order valence-electron chi connectivity index (χ0n) is 11.4. The monoisotopic (exact) mass is 236 g/mol. The third kappa shape index (κ3) is 4.30. The number of nitrogens with zero attached hydrogens (tertiary/aromatic N) is 3. The smallest absolute Gasteiger partial charge is 0.225 e. The molecule has 0 amide bonds. The minimum absolute atomic E-state index is 0.471. The van der Waals surface area contributed by atoms with Crippen LogP contribution in [0.25, 0.3) is 0 Å². The maximum atomic E-state index is 4.40. The summed E-state index contributed by atoms with van der Waals surface area (Å²) in [7, 11) is 2.04. The number of hydrogen-bond acceptors (Lipinski definition) is 4. The maximum Gasteiger partial charge on any atom is 0.225 e. The first-order valence-corrected chi connectivity index (χ1v) is 6.43. The third-order valence-electron chi connectivity index (χ3n) is 3.02. The molecule has 0 spiro atoms. The zero-order chi connectivity index (χ0) is 12.7. The van der Waals surface area contributed by atoms with E-state index in [1.54, 1.807) is 0 Å². The zero-order valence-corrected chi connectivity index (χ0v) is 11.4. The molecule has 1 atom stereocenters. The van der Waals surface area contributed by atoms with Crippen LogP contribution >= 0.6 is 0 Å². The van der Waals surface area contributed by atoms with Gasteiger partial charge in [0.2, 0.25) is 5.95 Å². The topological polar surface area (TPSA) is 41.1 Å². The highest BCUT2D eigenvalue weighted by molar-refractivity contribution is 5.29. The maximum absolute atomic E-state index is 4.40. The quantitative estimate of drug-likeness (QED) is 0.737. The van der Waals surface area contributed by atoms with E-state index in [-0.39, 0.29) is 0 Å². The largest absolute Gasteiger partial charge is 0.341 e. The standard InChI is InChI=1S/C13H24N4/c1-5-7-14-8-12-9-15-13(16-10-12)17(4)11(3)6-2/h9-11,14H,5-8H2,1-4H3. The van der Waals surface area contributed by atoms with E-state index >= 15 is 0 Å². The van der Waals surface area contributed by atoms with Crippen molar-refractivity contribution in [2.75, 3.05) is 18.5 Å². The fourth-order valence-electron chi connectivity index (χ4n) is 1.50. The second kappa shape index (κ2) is 7.22. The molecule has 0 aliphatic rings. The Morgan fingerprint density at radius 1 is 1.29 bits per heavy atom. The lowest BCUT2D eigenvalue weighted by Crippen LogP contribution is -2.29. The Morgan fingerprint density at radius 2 is 1.94 bits per heavy atom. The lowest BCUT2D eigenvalue weighted by molar-refractivity contribution is 0.643. The minimum Gasteiger partial charge on any atom is -0.341 e. The van der Waals surface area contributed by atoms with Gasteiger partial charge in [-0.1, -0.05) is 13.8 Å². The molecule has 0 aromatic carbocycles. The summed E-state index contributed by atoms with van der Waals surface area (Å²) in [6, 6.07) is 0.471. The molecule has 0 radical (unpaired) electrons. The average molecular weight is 236 g/mol. The van der Waals surface area contributed by atoms with Crippen molar-refractivity contribution in [1.82, 2.24) is 15.3 Å². The van der Waals surface area contributed by atoms with E-state index in [1.807, 2.05) is 19.4 Å². The Balaban J connectivity index is 2.55. The molecular formula is C13H24N4. The molecule has 1 aromatic heterocycles. The van der Waals surface area contributed by atoms with Gasteiger partial charge in [-0.05, 0) is 26.3 Å². The number of anilines is 1. The Hall–Kier alpha value is -1.16. The van der Waals surface area contributed by atoms with Gasteiger partial charge in [0.25, 0.3) is 0 Å². The van der Waals surface area contributed by atoms with Crippen molar-refractivity contribution in [3.63, 3.8) is 0 Å². The van der Waals surface area contributed by atoms with E-state index in [2.05, 4.69) is 41.0 Å². The summed E-state index contributed by atoms with van der Waals surface area (Å²) in [5.74, 6) is 0.804. The van der Waals surface area contributed by atoms with E-state index in [0.717, 1.165) is 37.4 Å². The molecule has 1 heterocycles. The van der Waals surface area contributed by atoms with Gasteiger partial charge in [-0.3, -0.25) is 0 Å². The summed E-state index contributed by atoms with van der Waals surface area (Å²) in [4.78, 5) is 10.9. The normalized spacial score (nSPS) is 12.5. The summed E-state index contributed by atoms with van der Waals surface area (Å²) < 4.78 is 0. The molecule has 1 rings (SSSR count). The molecule has 0 saturated carbocycles. The van der Waals surface area contributed by atoms with Crippen LogP contribution in [-0.2, 0) is 6.54 Å². The van der Waals surface area contributed by atoms with Gasteiger partial charge < -0.3 is 10.2 Å². The highest BCUT2D eigenvalue weighted by Gasteiger charge is 2.09. The first-order valence-electron chi connectivity index (χ1n) is 6.43. The highest BCUT2D eigenvalue weighted by Crippen LogP contribution is 2.10. The van der Waals surface area contributed by atoms with Crippen molar-refractivity contribution in [2.24, 2.45) is 0 Å².